The number of aromatic carboxylic acids is 1. The molecule has 0 radical (unpaired) electrons. The van der Waals surface area contributed by atoms with Gasteiger partial charge in [-0.15, -0.1) is 0 Å². The molecule has 0 saturated heterocycles. The fourth-order valence-corrected chi connectivity index (χ4v) is 0.621. The number of carbonyl (C=O) groups is 1. The van der Waals surface area contributed by atoms with Crippen LogP contribution in [-0.4, -0.2) is 28.3 Å². The maximum Gasteiger partial charge on any atom is 0.377 e. The molecule has 0 amide bonds. The first-order valence-electron chi connectivity index (χ1n) is 3.39. The van der Waals surface area contributed by atoms with Gasteiger partial charge in [0.15, 0.2) is 0 Å². The molecule has 0 fully saturated rings. The summed E-state index contributed by atoms with van der Waals surface area (Å²) in [7, 11) is 1.72. The Labute approximate surface area is 68.6 Å². The Kier molecular flexibility index (Phi) is 2.39. The van der Waals surface area contributed by atoms with E-state index in [1.54, 1.807) is 14.0 Å². The molecule has 0 aliphatic rings. The maximum atomic E-state index is 10.3. The zero-order valence-electron chi connectivity index (χ0n) is 6.74. The normalized spacial score (nSPS) is 12.8. The van der Waals surface area contributed by atoms with E-state index >= 15 is 0 Å². The Morgan fingerprint density at radius 1 is 1.75 bits per heavy atom. The number of hydrogen-bond donors (Lipinski definition) is 2. The third-order valence-electron chi connectivity index (χ3n) is 1.44. The molecule has 0 spiro atoms. The number of aromatic nitrogens is 2. The molecule has 0 bridgehead atoms. The van der Waals surface area contributed by atoms with Crippen molar-refractivity contribution in [2.75, 3.05) is 7.05 Å². The molecule has 0 aliphatic carbocycles. The van der Waals surface area contributed by atoms with Gasteiger partial charge in [0.05, 0.1) is 6.04 Å². The molecule has 0 saturated carbocycles. The first kappa shape index (κ1) is 8.66. The molecule has 6 nitrogen and oxygen atoms in total. The van der Waals surface area contributed by atoms with Gasteiger partial charge in [0.25, 0.3) is 5.82 Å². The Morgan fingerprint density at radius 2 is 2.42 bits per heavy atom. The van der Waals surface area contributed by atoms with E-state index in [4.69, 9.17) is 5.11 Å². The minimum absolute atomic E-state index is 0.134. The summed E-state index contributed by atoms with van der Waals surface area (Å²) in [5, 5.41) is 14.6. The van der Waals surface area contributed by atoms with Crippen molar-refractivity contribution in [2.24, 2.45) is 0 Å². The second kappa shape index (κ2) is 3.31. The second-order valence-electron chi connectivity index (χ2n) is 2.27. The van der Waals surface area contributed by atoms with Crippen LogP contribution in [0.25, 0.3) is 0 Å². The highest BCUT2D eigenvalue weighted by molar-refractivity contribution is 5.82. The molecule has 2 N–H and O–H groups in total. The van der Waals surface area contributed by atoms with Crippen molar-refractivity contribution in [1.82, 2.24) is 15.5 Å². The van der Waals surface area contributed by atoms with Crippen molar-refractivity contribution in [3.05, 3.63) is 11.7 Å². The number of carboxylic acid groups (broad SMARTS) is 1. The molecule has 1 aromatic rings. The smallest absolute Gasteiger partial charge is 0.377 e. The van der Waals surface area contributed by atoms with E-state index in [9.17, 15) is 4.79 Å². The minimum Gasteiger partial charge on any atom is -0.475 e. The van der Waals surface area contributed by atoms with Gasteiger partial charge < -0.3 is 14.9 Å². The fourth-order valence-electron chi connectivity index (χ4n) is 0.621. The molecule has 1 heterocycles. The van der Waals surface area contributed by atoms with Gasteiger partial charge in [-0.1, -0.05) is 0 Å². The van der Waals surface area contributed by atoms with Crippen LogP contribution in [0.5, 0.6) is 0 Å². The van der Waals surface area contributed by atoms with Crippen molar-refractivity contribution in [1.29, 1.82) is 0 Å². The van der Waals surface area contributed by atoms with Gasteiger partial charge >= 0.3 is 5.97 Å². The lowest BCUT2D eigenvalue weighted by atomic mass is 10.3. The van der Waals surface area contributed by atoms with E-state index in [2.05, 4.69) is 20.0 Å². The van der Waals surface area contributed by atoms with E-state index in [0.29, 0.717) is 0 Å². The predicted octanol–water partition coefficient (Wildman–Crippen LogP) is 0.0482. The second-order valence-corrected chi connectivity index (χ2v) is 2.27. The zero-order valence-corrected chi connectivity index (χ0v) is 6.74. The summed E-state index contributed by atoms with van der Waals surface area (Å²) in [5.74, 6) is -1.23. The van der Waals surface area contributed by atoms with Crippen LogP contribution in [0.2, 0.25) is 0 Å². The monoisotopic (exact) mass is 171 g/mol. The Balaban J connectivity index is 2.84. The zero-order chi connectivity index (χ0) is 9.14. The van der Waals surface area contributed by atoms with Crippen LogP contribution in [-0.2, 0) is 0 Å². The number of hydrogen-bond acceptors (Lipinski definition) is 5. The molecule has 12 heavy (non-hydrogen) atoms. The van der Waals surface area contributed by atoms with E-state index in [-0.39, 0.29) is 17.8 Å². The topological polar surface area (TPSA) is 88.2 Å². The van der Waals surface area contributed by atoms with Gasteiger partial charge in [0.2, 0.25) is 5.89 Å². The van der Waals surface area contributed by atoms with Crippen molar-refractivity contribution >= 4 is 5.97 Å². The van der Waals surface area contributed by atoms with Crippen LogP contribution >= 0.6 is 0 Å². The summed E-state index contributed by atoms with van der Waals surface area (Å²) >= 11 is 0. The number of rotatable bonds is 3. The van der Waals surface area contributed by atoms with Crippen LogP contribution in [0.15, 0.2) is 4.52 Å². The Morgan fingerprint density at radius 3 is 2.83 bits per heavy atom. The van der Waals surface area contributed by atoms with Gasteiger partial charge in [0.1, 0.15) is 0 Å². The summed E-state index contributed by atoms with van der Waals surface area (Å²) in [6.45, 7) is 1.79. The quantitative estimate of drug-likeness (QED) is 0.667. The summed E-state index contributed by atoms with van der Waals surface area (Å²) in [6.07, 6.45) is 0. The van der Waals surface area contributed by atoms with Crippen LogP contribution < -0.4 is 5.32 Å². The highest BCUT2D eigenvalue weighted by Crippen LogP contribution is 2.07. The standard InChI is InChI=1S/C6H9N3O3/c1-3(7-2)5-8-4(6(10)11)9-12-5/h3,7H,1-2H3,(H,10,11). The van der Waals surface area contributed by atoms with Crippen molar-refractivity contribution in [2.45, 2.75) is 13.0 Å². The lowest BCUT2D eigenvalue weighted by Crippen LogP contribution is -2.12. The molecule has 1 unspecified atom stereocenters. The average Bonchev–Trinajstić information content (AvgIpc) is 2.51. The molecular formula is C6H9N3O3. The Hall–Kier alpha value is -1.43. The molecule has 66 valence electrons. The number of nitrogens with zero attached hydrogens (tertiary/aromatic N) is 2. The Bertz CT molecular complexity index is 283. The SMILES string of the molecule is CNC(C)c1nc(C(=O)O)no1. The lowest BCUT2D eigenvalue weighted by Gasteiger charge is -2.00. The van der Waals surface area contributed by atoms with E-state index < -0.39 is 5.97 Å². The van der Waals surface area contributed by atoms with E-state index in [1.807, 2.05) is 0 Å². The van der Waals surface area contributed by atoms with Crippen molar-refractivity contribution in [3.63, 3.8) is 0 Å². The molecule has 1 rings (SSSR count). The summed E-state index contributed by atoms with van der Waals surface area (Å²) < 4.78 is 4.67. The first-order valence-corrected chi connectivity index (χ1v) is 3.39. The lowest BCUT2D eigenvalue weighted by molar-refractivity contribution is 0.0680. The molecule has 1 aromatic heterocycles. The predicted molar refractivity (Wildman–Crippen MR) is 38.7 cm³/mol. The number of nitrogens with one attached hydrogen (secondary N) is 1. The molecule has 0 aromatic carbocycles. The fraction of sp³-hybridized carbons (Fsp3) is 0.500. The minimum atomic E-state index is -1.19. The maximum absolute atomic E-state index is 10.3. The van der Waals surface area contributed by atoms with Crippen LogP contribution in [0.4, 0.5) is 0 Å². The van der Waals surface area contributed by atoms with Gasteiger partial charge in [-0.25, -0.2) is 4.79 Å². The van der Waals surface area contributed by atoms with Crippen molar-refractivity contribution in [3.8, 4) is 0 Å². The molecule has 0 aliphatic heterocycles. The van der Waals surface area contributed by atoms with Gasteiger partial charge in [0, 0.05) is 0 Å². The summed E-state index contributed by atoms with van der Waals surface area (Å²) in [4.78, 5) is 14.0. The average molecular weight is 171 g/mol. The third kappa shape index (κ3) is 1.59. The third-order valence-corrected chi connectivity index (χ3v) is 1.44. The molecule has 6 heteroatoms. The van der Waals surface area contributed by atoms with Gasteiger partial charge in [-0.05, 0) is 19.1 Å². The highest BCUT2D eigenvalue weighted by Gasteiger charge is 2.15. The molecule has 1 atom stereocenters. The molecular weight excluding hydrogens is 162 g/mol. The highest BCUT2D eigenvalue weighted by atomic mass is 16.5. The summed E-state index contributed by atoms with van der Waals surface area (Å²) in [5.41, 5.74) is 0. The first-order chi connectivity index (χ1) is 5.65. The van der Waals surface area contributed by atoms with E-state index in [1.165, 1.54) is 0 Å². The van der Waals surface area contributed by atoms with Gasteiger partial charge in [-0.3, -0.25) is 0 Å². The largest absolute Gasteiger partial charge is 0.475 e. The van der Waals surface area contributed by atoms with Crippen LogP contribution in [0.1, 0.15) is 29.5 Å². The van der Waals surface area contributed by atoms with Crippen molar-refractivity contribution < 1.29 is 14.4 Å². The summed E-state index contributed by atoms with van der Waals surface area (Å²) in [6, 6.07) is -0.134. The van der Waals surface area contributed by atoms with Crippen LogP contribution in [0, 0.1) is 0 Å². The number of carboxylic acids is 1. The van der Waals surface area contributed by atoms with E-state index in [0.717, 1.165) is 0 Å². The van der Waals surface area contributed by atoms with Crippen LogP contribution in [0.3, 0.4) is 0 Å². The van der Waals surface area contributed by atoms with Gasteiger partial charge in [-0.2, -0.15) is 4.98 Å².